The molecule has 1 aliphatic rings. The van der Waals surface area contributed by atoms with Crippen LogP contribution in [-0.2, 0) is 0 Å². The number of rotatable bonds is 2. The number of aliphatic imine (C=N–C) groups is 1. The van der Waals surface area contributed by atoms with Crippen molar-refractivity contribution >= 4 is 39.5 Å². The normalized spacial score (nSPS) is 17.0. The summed E-state index contributed by atoms with van der Waals surface area (Å²) in [5, 5.41) is 1.19. The summed E-state index contributed by atoms with van der Waals surface area (Å²) in [6.45, 7) is 14.0. The number of hydrogen-bond donors (Lipinski definition) is 0. The molecule has 4 rings (SSSR count). The minimum atomic E-state index is -0.716. The van der Waals surface area contributed by atoms with Crippen molar-refractivity contribution in [3.05, 3.63) is 86.6 Å². The Morgan fingerprint density at radius 2 is 1.74 bits per heavy atom. The molecule has 2 aromatic carbocycles. The van der Waals surface area contributed by atoms with Crippen LogP contribution in [0.4, 0.5) is 5.69 Å². The van der Waals surface area contributed by atoms with Crippen LogP contribution in [0, 0.1) is 20.8 Å². The summed E-state index contributed by atoms with van der Waals surface area (Å²) in [6, 6.07) is 12.8. The van der Waals surface area contributed by atoms with Gasteiger partial charge < -0.3 is 4.42 Å². The molecule has 1 aromatic heterocycles. The number of benzene rings is 2. The lowest BCUT2D eigenvalue weighted by molar-refractivity contribution is 0.0777. The Morgan fingerprint density at radius 1 is 1.06 bits per heavy atom. The second kappa shape index (κ2) is 7.54. The Bertz CT molecular complexity index is 1330. The molecule has 1 fully saturated rings. The molecule has 0 N–H and O–H groups in total. The Hall–Kier alpha value is -3.12. The third kappa shape index (κ3) is 3.61. The molecular weight excluding hydrogens is 408 g/mol. The molecule has 0 aliphatic carbocycles. The zero-order valence-electron chi connectivity index (χ0n) is 18.3. The van der Waals surface area contributed by atoms with Gasteiger partial charge in [-0.2, -0.15) is 0 Å². The summed E-state index contributed by atoms with van der Waals surface area (Å²) < 4.78 is 5.40. The number of carbonyl (C=O) groups excluding carboxylic acids is 1. The van der Waals surface area contributed by atoms with E-state index in [0.717, 1.165) is 21.7 Å². The Morgan fingerprint density at radius 3 is 2.48 bits per heavy atom. The lowest BCUT2D eigenvalue weighted by atomic mass is 10.0. The van der Waals surface area contributed by atoms with E-state index in [9.17, 15) is 9.59 Å². The average Bonchev–Trinajstić information content (AvgIpc) is 2.93. The molecule has 0 saturated carbocycles. The maximum absolute atomic E-state index is 13.6. The van der Waals surface area contributed by atoms with Gasteiger partial charge in [-0.05, 0) is 69.5 Å². The molecule has 5 nitrogen and oxygen atoms in total. The zero-order chi connectivity index (χ0) is 22.5. The van der Waals surface area contributed by atoms with Crippen LogP contribution in [0.15, 0.2) is 68.2 Å². The Kier molecular flexibility index (Phi) is 5.13. The van der Waals surface area contributed by atoms with E-state index in [4.69, 9.17) is 9.41 Å². The number of carbonyl (C=O) groups is 1. The van der Waals surface area contributed by atoms with Crippen molar-refractivity contribution in [2.24, 2.45) is 4.99 Å². The fourth-order valence-electron chi connectivity index (χ4n) is 3.56. The molecule has 0 atom stereocenters. The predicted molar refractivity (Wildman–Crippen MR) is 127 cm³/mol. The second-order valence-corrected chi connectivity index (χ2v) is 9.39. The number of amides is 1. The van der Waals surface area contributed by atoms with Crippen molar-refractivity contribution in [1.82, 2.24) is 4.90 Å². The first-order chi connectivity index (χ1) is 14.6. The lowest BCUT2D eigenvalue weighted by Gasteiger charge is -2.30. The predicted octanol–water partition coefficient (Wildman–Crippen LogP) is 5.89. The van der Waals surface area contributed by atoms with E-state index in [1.54, 1.807) is 23.1 Å². The van der Waals surface area contributed by atoms with Gasteiger partial charge in [-0.15, -0.1) is 0 Å². The SMILES string of the molecule is C=C1SC(=Nc2cc(C)c(C)cc2C)N(C(=O)c2cc3ccccc3oc2=O)C1(C)C. The molecule has 0 bridgehead atoms. The van der Waals surface area contributed by atoms with E-state index in [-0.39, 0.29) is 5.56 Å². The summed E-state index contributed by atoms with van der Waals surface area (Å²) in [4.78, 5) is 33.4. The Balaban J connectivity index is 1.85. The molecule has 0 spiro atoms. The molecule has 0 radical (unpaired) electrons. The summed E-state index contributed by atoms with van der Waals surface area (Å²) >= 11 is 1.35. The van der Waals surface area contributed by atoms with Crippen molar-refractivity contribution in [3.63, 3.8) is 0 Å². The number of thioether (sulfide) groups is 1. The minimum absolute atomic E-state index is 0.0217. The summed E-state index contributed by atoms with van der Waals surface area (Å²) in [7, 11) is 0. The largest absolute Gasteiger partial charge is 0.422 e. The number of hydrogen-bond acceptors (Lipinski definition) is 5. The molecular formula is C25H24N2O3S. The number of aryl methyl sites for hydroxylation is 3. The number of amidine groups is 1. The van der Waals surface area contributed by atoms with Crippen molar-refractivity contribution < 1.29 is 9.21 Å². The van der Waals surface area contributed by atoms with Crippen LogP contribution in [0.25, 0.3) is 11.0 Å². The quantitative estimate of drug-likeness (QED) is 0.474. The number of para-hydroxylation sites is 1. The van der Waals surface area contributed by atoms with Crippen LogP contribution >= 0.6 is 11.8 Å². The molecule has 1 amide bonds. The minimum Gasteiger partial charge on any atom is -0.422 e. The molecule has 1 aliphatic heterocycles. The van der Waals surface area contributed by atoms with E-state index in [0.29, 0.717) is 16.1 Å². The van der Waals surface area contributed by atoms with Crippen LogP contribution in [-0.4, -0.2) is 21.5 Å². The molecule has 31 heavy (non-hydrogen) atoms. The fraction of sp³-hybridized carbons (Fsp3) is 0.240. The second-order valence-electron chi connectivity index (χ2n) is 8.33. The average molecular weight is 433 g/mol. The van der Waals surface area contributed by atoms with Gasteiger partial charge in [-0.3, -0.25) is 9.69 Å². The summed E-state index contributed by atoms with van der Waals surface area (Å²) in [5.74, 6) is -0.448. The topological polar surface area (TPSA) is 62.9 Å². The molecule has 1 saturated heterocycles. The molecule has 158 valence electrons. The molecule has 3 aromatic rings. The van der Waals surface area contributed by atoms with E-state index in [2.05, 4.69) is 19.6 Å². The fourth-order valence-corrected chi connectivity index (χ4v) is 4.67. The standard InChI is InChI=1S/C25H24N2O3S/c1-14-11-16(3)20(12-15(14)2)26-24-27(25(5,6)17(4)31-24)22(28)19-13-18-9-7-8-10-21(18)30-23(19)29/h7-13H,4H2,1-3,5-6H3. The monoisotopic (exact) mass is 432 g/mol. The first-order valence-corrected chi connectivity index (χ1v) is 10.8. The van der Waals surface area contributed by atoms with E-state index < -0.39 is 17.1 Å². The molecule has 6 heteroatoms. The molecule has 2 heterocycles. The number of nitrogens with zero attached hydrogens (tertiary/aromatic N) is 2. The van der Waals surface area contributed by atoms with Gasteiger partial charge in [0.15, 0.2) is 5.17 Å². The van der Waals surface area contributed by atoms with Gasteiger partial charge >= 0.3 is 5.63 Å². The van der Waals surface area contributed by atoms with E-state index in [1.165, 1.54) is 17.3 Å². The van der Waals surface area contributed by atoms with Crippen LogP contribution < -0.4 is 5.63 Å². The van der Waals surface area contributed by atoms with Gasteiger partial charge in [0, 0.05) is 10.3 Å². The third-order valence-electron chi connectivity index (χ3n) is 5.75. The smallest absolute Gasteiger partial charge is 0.349 e. The highest BCUT2D eigenvalue weighted by molar-refractivity contribution is 8.17. The lowest BCUT2D eigenvalue weighted by Crippen LogP contribution is -2.46. The Labute approximate surface area is 185 Å². The maximum atomic E-state index is 13.6. The zero-order valence-corrected chi connectivity index (χ0v) is 19.1. The van der Waals surface area contributed by atoms with E-state index >= 15 is 0 Å². The van der Waals surface area contributed by atoms with Gasteiger partial charge in [-0.25, -0.2) is 9.79 Å². The van der Waals surface area contributed by atoms with Gasteiger partial charge in [-0.1, -0.05) is 42.6 Å². The van der Waals surface area contributed by atoms with Crippen molar-refractivity contribution in [2.75, 3.05) is 0 Å². The van der Waals surface area contributed by atoms with Crippen LogP contribution in [0.5, 0.6) is 0 Å². The van der Waals surface area contributed by atoms with Crippen LogP contribution in [0.1, 0.15) is 40.9 Å². The molecule has 0 unspecified atom stereocenters. The highest BCUT2D eigenvalue weighted by Crippen LogP contribution is 2.44. The highest BCUT2D eigenvalue weighted by atomic mass is 32.2. The van der Waals surface area contributed by atoms with Gasteiger partial charge in [0.2, 0.25) is 0 Å². The first-order valence-electron chi connectivity index (χ1n) is 10.0. The highest BCUT2D eigenvalue weighted by Gasteiger charge is 2.45. The van der Waals surface area contributed by atoms with Gasteiger partial charge in [0.05, 0.1) is 11.2 Å². The van der Waals surface area contributed by atoms with Crippen LogP contribution in [0.3, 0.4) is 0 Å². The first kappa shape index (κ1) is 21.1. The van der Waals surface area contributed by atoms with Crippen molar-refractivity contribution in [3.8, 4) is 0 Å². The summed E-state index contributed by atoms with van der Waals surface area (Å²) in [5.41, 5.74) is 3.17. The van der Waals surface area contributed by atoms with E-state index in [1.807, 2.05) is 45.9 Å². The van der Waals surface area contributed by atoms with Crippen LogP contribution in [0.2, 0.25) is 0 Å². The van der Waals surface area contributed by atoms with Gasteiger partial charge in [0.25, 0.3) is 5.91 Å². The van der Waals surface area contributed by atoms with Crippen molar-refractivity contribution in [2.45, 2.75) is 40.2 Å². The third-order valence-corrected chi connectivity index (χ3v) is 6.95. The number of fused-ring (bicyclic) bond motifs is 1. The van der Waals surface area contributed by atoms with Crippen molar-refractivity contribution in [1.29, 1.82) is 0 Å². The maximum Gasteiger partial charge on any atom is 0.349 e. The summed E-state index contributed by atoms with van der Waals surface area (Å²) in [6.07, 6.45) is 0. The van der Waals surface area contributed by atoms with Gasteiger partial charge in [0.1, 0.15) is 11.1 Å².